The first-order valence-corrected chi connectivity index (χ1v) is 11.9. The number of nitrogens with zero attached hydrogens (tertiary/aromatic N) is 2. The van der Waals surface area contributed by atoms with E-state index in [9.17, 15) is 14.0 Å². The maximum absolute atomic E-state index is 14.8. The van der Waals surface area contributed by atoms with Gasteiger partial charge in [-0.05, 0) is 48.0 Å². The molecule has 4 rings (SSSR count). The summed E-state index contributed by atoms with van der Waals surface area (Å²) in [5.74, 6) is -1.13. The monoisotopic (exact) mass is 485 g/mol. The summed E-state index contributed by atoms with van der Waals surface area (Å²) in [5.41, 5.74) is 2.92. The van der Waals surface area contributed by atoms with Gasteiger partial charge in [0.15, 0.2) is 18.2 Å². The van der Waals surface area contributed by atoms with E-state index < -0.39 is 5.82 Å². The number of carbonyl (C=O) groups is 2. The third kappa shape index (κ3) is 5.26. The van der Waals surface area contributed by atoms with Crippen LogP contribution in [0, 0.1) is 5.82 Å². The molecule has 2 aromatic rings. The Balaban J connectivity index is 1.60. The Labute approximate surface area is 201 Å². The van der Waals surface area contributed by atoms with Gasteiger partial charge in [-0.15, -0.1) is 0 Å². The molecule has 0 saturated carbocycles. The molecule has 6 nitrogen and oxygen atoms in total. The van der Waals surface area contributed by atoms with Gasteiger partial charge < -0.3 is 15.0 Å². The van der Waals surface area contributed by atoms with Crippen LogP contribution in [0.15, 0.2) is 41.3 Å². The zero-order valence-corrected chi connectivity index (χ0v) is 20.0. The van der Waals surface area contributed by atoms with Crippen molar-refractivity contribution in [3.05, 3.63) is 63.8 Å². The molecule has 1 N–H and O–H groups in total. The topological polar surface area (TPSA) is 61.9 Å². The molecular weight excluding hydrogens is 461 g/mol. The predicted molar refractivity (Wildman–Crippen MR) is 132 cm³/mol. The highest BCUT2D eigenvalue weighted by Gasteiger charge is 2.29. The molecule has 2 amide bonds. The SMILES string of the molecule is CCN(CC)Cc1ccc(CN2C(=O)COc3c(F)cc(/C=C4/SC(=S)NC4=O)cc32)cc1. The smallest absolute Gasteiger partial charge is 0.265 e. The fourth-order valence-corrected chi connectivity index (χ4v) is 4.80. The van der Waals surface area contributed by atoms with Crippen molar-refractivity contribution in [2.45, 2.75) is 26.9 Å². The van der Waals surface area contributed by atoms with E-state index in [0.29, 0.717) is 27.0 Å². The van der Waals surface area contributed by atoms with Crippen molar-refractivity contribution in [1.82, 2.24) is 10.2 Å². The van der Waals surface area contributed by atoms with Crippen molar-refractivity contribution in [3.8, 4) is 5.75 Å². The summed E-state index contributed by atoms with van der Waals surface area (Å²) in [6.45, 7) is 7.16. The molecule has 0 aromatic heterocycles. The van der Waals surface area contributed by atoms with Gasteiger partial charge in [-0.1, -0.05) is 62.1 Å². The lowest BCUT2D eigenvalue weighted by molar-refractivity contribution is -0.121. The van der Waals surface area contributed by atoms with E-state index in [1.54, 1.807) is 12.1 Å². The lowest BCUT2D eigenvalue weighted by atomic mass is 10.1. The molecule has 0 bridgehead atoms. The number of carbonyl (C=O) groups excluding carboxylic acids is 2. The van der Waals surface area contributed by atoms with Gasteiger partial charge >= 0.3 is 0 Å². The van der Waals surface area contributed by atoms with Crippen molar-refractivity contribution >= 4 is 51.9 Å². The molecule has 2 aliphatic rings. The molecule has 33 heavy (non-hydrogen) atoms. The van der Waals surface area contributed by atoms with Crippen LogP contribution in [0.3, 0.4) is 0 Å². The van der Waals surface area contributed by atoms with E-state index in [4.69, 9.17) is 17.0 Å². The third-order valence-electron chi connectivity index (χ3n) is 5.58. The lowest BCUT2D eigenvalue weighted by Gasteiger charge is -2.30. The van der Waals surface area contributed by atoms with Crippen LogP contribution >= 0.6 is 24.0 Å². The summed E-state index contributed by atoms with van der Waals surface area (Å²) in [6.07, 6.45) is 1.56. The molecule has 0 radical (unpaired) electrons. The van der Waals surface area contributed by atoms with Crippen molar-refractivity contribution in [3.63, 3.8) is 0 Å². The van der Waals surface area contributed by atoms with Crippen molar-refractivity contribution < 1.29 is 18.7 Å². The van der Waals surface area contributed by atoms with Gasteiger partial charge in [-0.3, -0.25) is 14.5 Å². The Hall–Kier alpha value is -2.75. The molecule has 172 valence electrons. The number of fused-ring (bicyclic) bond motifs is 1. The fourth-order valence-electron chi connectivity index (χ4n) is 3.76. The highest BCUT2D eigenvalue weighted by Crippen LogP contribution is 2.38. The average Bonchev–Trinajstić information content (AvgIpc) is 3.11. The first-order chi connectivity index (χ1) is 15.9. The molecule has 9 heteroatoms. The first kappa shape index (κ1) is 23.4. The number of halogens is 1. The van der Waals surface area contributed by atoms with Gasteiger partial charge in [-0.25, -0.2) is 4.39 Å². The Bertz CT molecular complexity index is 1130. The molecule has 0 unspecified atom stereocenters. The Morgan fingerprint density at radius 1 is 1.18 bits per heavy atom. The molecule has 1 fully saturated rings. The van der Waals surface area contributed by atoms with E-state index in [-0.39, 0.29) is 24.2 Å². The van der Waals surface area contributed by atoms with Gasteiger partial charge in [-0.2, -0.15) is 0 Å². The molecule has 0 spiro atoms. The molecule has 2 aromatic carbocycles. The maximum atomic E-state index is 14.8. The van der Waals surface area contributed by atoms with Gasteiger partial charge in [0.25, 0.3) is 11.8 Å². The number of benzene rings is 2. The number of thiocarbonyl (C=S) groups is 1. The van der Waals surface area contributed by atoms with Gasteiger partial charge in [0.05, 0.1) is 17.1 Å². The second kappa shape index (κ2) is 10.0. The molecule has 2 aliphatic heterocycles. The fraction of sp³-hybridized carbons (Fsp3) is 0.292. The van der Waals surface area contributed by atoms with Crippen molar-refractivity contribution in [1.29, 1.82) is 0 Å². The minimum atomic E-state index is -0.586. The maximum Gasteiger partial charge on any atom is 0.265 e. The number of hydrogen-bond acceptors (Lipinski definition) is 6. The number of amides is 2. The minimum Gasteiger partial charge on any atom is -0.478 e. The quantitative estimate of drug-likeness (QED) is 0.471. The largest absolute Gasteiger partial charge is 0.478 e. The highest BCUT2D eigenvalue weighted by atomic mass is 32.2. The summed E-state index contributed by atoms with van der Waals surface area (Å²) in [5, 5.41) is 2.54. The summed E-state index contributed by atoms with van der Waals surface area (Å²) < 4.78 is 20.6. The predicted octanol–water partition coefficient (Wildman–Crippen LogP) is 4.08. The molecule has 0 aliphatic carbocycles. The van der Waals surface area contributed by atoms with Gasteiger partial charge in [0.1, 0.15) is 4.32 Å². The number of ether oxygens (including phenoxy) is 1. The van der Waals surface area contributed by atoms with Crippen molar-refractivity contribution in [2.24, 2.45) is 0 Å². The zero-order chi connectivity index (χ0) is 23.5. The van der Waals surface area contributed by atoms with Gasteiger partial charge in [0.2, 0.25) is 0 Å². The second-order valence-electron chi connectivity index (χ2n) is 7.75. The van der Waals surface area contributed by atoms with Crippen LogP contribution in [0.1, 0.15) is 30.5 Å². The van der Waals surface area contributed by atoms with Crippen LogP contribution in [0.2, 0.25) is 0 Å². The Morgan fingerprint density at radius 3 is 2.52 bits per heavy atom. The molecule has 1 saturated heterocycles. The summed E-state index contributed by atoms with van der Waals surface area (Å²) in [4.78, 5) is 28.9. The normalized spacial score (nSPS) is 16.9. The van der Waals surface area contributed by atoms with E-state index in [1.807, 2.05) is 12.1 Å². The number of anilines is 1. The summed E-state index contributed by atoms with van der Waals surface area (Å²) in [7, 11) is 0. The number of thioether (sulfide) groups is 1. The minimum absolute atomic E-state index is 0.0361. The van der Waals surface area contributed by atoms with E-state index in [0.717, 1.165) is 37.0 Å². The third-order valence-corrected chi connectivity index (χ3v) is 6.74. The first-order valence-electron chi connectivity index (χ1n) is 10.7. The van der Waals surface area contributed by atoms with E-state index >= 15 is 0 Å². The van der Waals surface area contributed by atoms with E-state index in [1.165, 1.54) is 16.5 Å². The van der Waals surface area contributed by atoms with Crippen LogP contribution in [-0.2, 0) is 22.7 Å². The van der Waals surface area contributed by atoms with Crippen LogP contribution in [0.4, 0.5) is 10.1 Å². The average molecular weight is 486 g/mol. The number of nitrogens with one attached hydrogen (secondary N) is 1. The Kier molecular flexibility index (Phi) is 7.11. The second-order valence-corrected chi connectivity index (χ2v) is 9.47. The Morgan fingerprint density at radius 2 is 1.88 bits per heavy atom. The van der Waals surface area contributed by atoms with Crippen LogP contribution in [0.5, 0.6) is 5.75 Å². The number of hydrogen-bond donors (Lipinski definition) is 1. The van der Waals surface area contributed by atoms with Crippen LogP contribution in [0.25, 0.3) is 6.08 Å². The molecular formula is C24H24FN3O3S2. The van der Waals surface area contributed by atoms with E-state index in [2.05, 4.69) is 36.2 Å². The summed E-state index contributed by atoms with van der Waals surface area (Å²) in [6, 6.07) is 11.0. The number of rotatable bonds is 7. The van der Waals surface area contributed by atoms with Crippen molar-refractivity contribution in [2.75, 3.05) is 24.6 Å². The molecule has 2 heterocycles. The zero-order valence-electron chi connectivity index (χ0n) is 18.4. The van der Waals surface area contributed by atoms with Crippen LogP contribution in [-0.4, -0.2) is 40.7 Å². The lowest BCUT2D eigenvalue weighted by Crippen LogP contribution is -2.38. The van der Waals surface area contributed by atoms with Crippen LogP contribution < -0.4 is 15.0 Å². The summed E-state index contributed by atoms with van der Waals surface area (Å²) >= 11 is 6.12. The molecule has 0 atom stereocenters. The van der Waals surface area contributed by atoms with Gasteiger partial charge in [0, 0.05) is 6.54 Å². The highest BCUT2D eigenvalue weighted by molar-refractivity contribution is 8.26. The standard InChI is InChI=1S/C24H24FN3O3S2/c1-3-27(4-2)12-15-5-7-16(8-6-15)13-28-19-10-17(11-20-23(30)26-24(32)33-20)9-18(25)22(19)31-14-21(28)29/h5-11H,3-4,12-14H2,1-2H3,(H,26,30,32)/b20-11+.